The molecule has 0 unspecified atom stereocenters. The second kappa shape index (κ2) is 8.09. The van der Waals surface area contributed by atoms with Crippen molar-refractivity contribution >= 4 is 17.3 Å². The fraction of sp³-hybridized carbons (Fsp3) is 0.182. The van der Waals surface area contributed by atoms with Crippen LogP contribution in [0.5, 0.6) is 5.75 Å². The number of anilines is 1. The quantitative estimate of drug-likeness (QED) is 0.575. The first-order chi connectivity index (χ1) is 12.1. The number of hydrogen-bond donors (Lipinski definition) is 1. The van der Waals surface area contributed by atoms with Gasteiger partial charge in [-0.2, -0.15) is 0 Å². The number of nitrogens with one attached hydrogen (secondary N) is 1. The predicted molar refractivity (Wildman–Crippen MR) is 105 cm³/mol. The third-order valence-corrected chi connectivity index (χ3v) is 4.61. The summed E-state index contributed by atoms with van der Waals surface area (Å²) in [6.07, 6.45) is 0. The van der Waals surface area contributed by atoms with E-state index in [9.17, 15) is 0 Å². The Morgan fingerprint density at radius 1 is 0.880 bits per heavy atom. The average Bonchev–Trinajstić information content (AvgIpc) is 2.63. The summed E-state index contributed by atoms with van der Waals surface area (Å²) in [5.74, 6) is 0.898. The number of hydrogen-bond acceptors (Lipinski definition) is 2. The lowest BCUT2D eigenvalue weighted by Gasteiger charge is -2.15. The van der Waals surface area contributed by atoms with Crippen molar-refractivity contribution in [2.45, 2.75) is 27.0 Å². The van der Waals surface area contributed by atoms with Crippen LogP contribution in [0.1, 0.15) is 22.3 Å². The highest BCUT2D eigenvalue weighted by atomic mass is 35.5. The van der Waals surface area contributed by atoms with Crippen LogP contribution in [-0.4, -0.2) is 0 Å². The van der Waals surface area contributed by atoms with Crippen molar-refractivity contribution in [2.24, 2.45) is 0 Å². The molecule has 3 aromatic carbocycles. The van der Waals surface area contributed by atoms with Gasteiger partial charge in [-0.05, 0) is 54.8 Å². The number of para-hydroxylation sites is 1. The molecule has 2 nitrogen and oxygen atoms in total. The van der Waals surface area contributed by atoms with Crippen LogP contribution >= 0.6 is 11.6 Å². The fourth-order valence-corrected chi connectivity index (χ4v) is 2.79. The number of rotatable bonds is 6. The monoisotopic (exact) mass is 351 g/mol. The molecule has 3 aromatic rings. The van der Waals surface area contributed by atoms with Crippen molar-refractivity contribution < 1.29 is 4.74 Å². The van der Waals surface area contributed by atoms with Gasteiger partial charge in [0.15, 0.2) is 0 Å². The van der Waals surface area contributed by atoms with Gasteiger partial charge in [0, 0.05) is 22.8 Å². The SMILES string of the molecule is Cc1cccc(NCc2ccccc2OCc2ccc(Cl)cc2)c1C. The van der Waals surface area contributed by atoms with Crippen LogP contribution < -0.4 is 10.1 Å². The van der Waals surface area contributed by atoms with E-state index in [0.717, 1.165) is 34.1 Å². The summed E-state index contributed by atoms with van der Waals surface area (Å²) in [5.41, 5.74) is 5.96. The van der Waals surface area contributed by atoms with Crippen LogP contribution in [0, 0.1) is 13.8 Å². The Bertz CT molecular complexity index is 843. The number of aryl methyl sites for hydroxylation is 1. The summed E-state index contributed by atoms with van der Waals surface area (Å²) < 4.78 is 6.02. The number of ether oxygens (including phenoxy) is 1. The molecule has 128 valence electrons. The average molecular weight is 352 g/mol. The van der Waals surface area contributed by atoms with Crippen LogP contribution in [0.25, 0.3) is 0 Å². The molecule has 25 heavy (non-hydrogen) atoms. The predicted octanol–water partition coefficient (Wildman–Crippen LogP) is 6.15. The highest BCUT2D eigenvalue weighted by molar-refractivity contribution is 6.30. The van der Waals surface area contributed by atoms with Gasteiger partial charge in [-0.1, -0.05) is 54.1 Å². The van der Waals surface area contributed by atoms with E-state index in [2.05, 4.69) is 43.4 Å². The highest BCUT2D eigenvalue weighted by Gasteiger charge is 2.05. The molecule has 0 aliphatic rings. The van der Waals surface area contributed by atoms with E-state index in [4.69, 9.17) is 16.3 Å². The summed E-state index contributed by atoms with van der Waals surface area (Å²) in [7, 11) is 0. The molecule has 0 saturated heterocycles. The standard InChI is InChI=1S/C22H22ClNO/c1-16-6-5-8-21(17(16)2)24-14-19-7-3-4-9-22(19)25-15-18-10-12-20(23)13-11-18/h3-13,24H,14-15H2,1-2H3. The maximum absolute atomic E-state index is 6.02. The minimum absolute atomic E-state index is 0.525. The van der Waals surface area contributed by atoms with E-state index < -0.39 is 0 Å². The van der Waals surface area contributed by atoms with Gasteiger partial charge in [0.05, 0.1) is 0 Å². The molecule has 3 rings (SSSR count). The number of benzene rings is 3. The minimum atomic E-state index is 0.525. The Hall–Kier alpha value is -2.45. The molecular formula is C22H22ClNO. The Kier molecular flexibility index (Phi) is 5.62. The lowest BCUT2D eigenvalue weighted by atomic mass is 10.1. The maximum atomic E-state index is 6.02. The summed E-state index contributed by atoms with van der Waals surface area (Å²) in [6.45, 7) is 5.52. The molecule has 3 heteroatoms. The zero-order valence-electron chi connectivity index (χ0n) is 14.6. The minimum Gasteiger partial charge on any atom is -0.489 e. The third-order valence-electron chi connectivity index (χ3n) is 4.35. The smallest absolute Gasteiger partial charge is 0.124 e. The van der Waals surface area contributed by atoms with Crippen molar-refractivity contribution in [3.63, 3.8) is 0 Å². The molecule has 0 aromatic heterocycles. The summed E-state index contributed by atoms with van der Waals surface area (Å²) in [6, 6.07) is 22.2. The summed E-state index contributed by atoms with van der Waals surface area (Å²) in [4.78, 5) is 0. The van der Waals surface area contributed by atoms with Gasteiger partial charge in [-0.25, -0.2) is 0 Å². The first-order valence-corrected chi connectivity index (χ1v) is 8.76. The van der Waals surface area contributed by atoms with Crippen LogP contribution in [0.3, 0.4) is 0 Å². The lowest BCUT2D eigenvalue weighted by Crippen LogP contribution is -2.05. The Balaban J connectivity index is 1.68. The van der Waals surface area contributed by atoms with Crippen molar-refractivity contribution in [2.75, 3.05) is 5.32 Å². The van der Waals surface area contributed by atoms with E-state index in [0.29, 0.717) is 6.61 Å². The molecular weight excluding hydrogens is 330 g/mol. The molecule has 1 N–H and O–H groups in total. The second-order valence-corrected chi connectivity index (χ2v) is 6.56. The zero-order chi connectivity index (χ0) is 17.6. The Labute approximate surface area is 154 Å². The van der Waals surface area contributed by atoms with Gasteiger partial charge in [-0.3, -0.25) is 0 Å². The van der Waals surface area contributed by atoms with Crippen LogP contribution in [0.2, 0.25) is 5.02 Å². The van der Waals surface area contributed by atoms with Gasteiger partial charge in [-0.15, -0.1) is 0 Å². The lowest BCUT2D eigenvalue weighted by molar-refractivity contribution is 0.303. The van der Waals surface area contributed by atoms with Crippen molar-refractivity contribution in [3.8, 4) is 5.75 Å². The topological polar surface area (TPSA) is 21.3 Å². The van der Waals surface area contributed by atoms with Gasteiger partial charge < -0.3 is 10.1 Å². The maximum Gasteiger partial charge on any atom is 0.124 e. The van der Waals surface area contributed by atoms with E-state index in [-0.39, 0.29) is 0 Å². The fourth-order valence-electron chi connectivity index (χ4n) is 2.67. The molecule has 0 amide bonds. The zero-order valence-corrected chi connectivity index (χ0v) is 15.3. The van der Waals surface area contributed by atoms with E-state index in [1.165, 1.54) is 11.1 Å². The molecule has 0 aliphatic heterocycles. The van der Waals surface area contributed by atoms with Crippen LogP contribution in [0.15, 0.2) is 66.7 Å². The van der Waals surface area contributed by atoms with Crippen LogP contribution in [0.4, 0.5) is 5.69 Å². The van der Waals surface area contributed by atoms with Gasteiger partial charge in [0.25, 0.3) is 0 Å². The van der Waals surface area contributed by atoms with Gasteiger partial charge >= 0.3 is 0 Å². The number of halogens is 1. The van der Waals surface area contributed by atoms with Crippen LogP contribution in [-0.2, 0) is 13.2 Å². The van der Waals surface area contributed by atoms with E-state index >= 15 is 0 Å². The van der Waals surface area contributed by atoms with Gasteiger partial charge in [0.1, 0.15) is 12.4 Å². The van der Waals surface area contributed by atoms with Crippen molar-refractivity contribution in [1.82, 2.24) is 0 Å². The Morgan fingerprint density at radius 2 is 1.64 bits per heavy atom. The Morgan fingerprint density at radius 3 is 2.44 bits per heavy atom. The molecule has 0 bridgehead atoms. The first-order valence-electron chi connectivity index (χ1n) is 8.39. The summed E-state index contributed by atoms with van der Waals surface area (Å²) in [5, 5.41) is 4.26. The molecule has 0 saturated carbocycles. The normalized spacial score (nSPS) is 10.5. The molecule has 0 aliphatic carbocycles. The highest BCUT2D eigenvalue weighted by Crippen LogP contribution is 2.23. The largest absolute Gasteiger partial charge is 0.489 e. The molecule has 0 heterocycles. The molecule has 0 spiro atoms. The molecule has 0 fully saturated rings. The third kappa shape index (κ3) is 4.55. The first kappa shape index (κ1) is 17.4. The molecule has 0 atom stereocenters. The van der Waals surface area contributed by atoms with Crippen molar-refractivity contribution in [1.29, 1.82) is 0 Å². The van der Waals surface area contributed by atoms with E-state index in [1.54, 1.807) is 0 Å². The van der Waals surface area contributed by atoms with E-state index in [1.807, 2.05) is 42.5 Å². The second-order valence-electron chi connectivity index (χ2n) is 6.12. The molecule has 0 radical (unpaired) electrons. The summed E-state index contributed by atoms with van der Waals surface area (Å²) >= 11 is 5.93. The van der Waals surface area contributed by atoms with Crippen molar-refractivity contribution in [3.05, 3.63) is 94.0 Å². The van der Waals surface area contributed by atoms with Gasteiger partial charge in [0.2, 0.25) is 0 Å².